The number of carbonyl (C=O) groups excluding carboxylic acids is 2. The number of amides is 1. The number of Topliss-reactive ketones (excluding diaryl/α,β-unsaturated/α-hetero) is 1. The topological polar surface area (TPSA) is 105 Å². The van der Waals surface area contributed by atoms with Gasteiger partial charge in [-0.15, -0.1) is 0 Å². The Bertz CT molecular complexity index is 581. The SMILES string of the molecule is CC(C)(C)OC(=O)N[C@H](CCCNCC(=O)c1ccccc1)C(=O)O. The minimum atomic E-state index is -1.12. The van der Waals surface area contributed by atoms with Crippen molar-refractivity contribution in [1.29, 1.82) is 0 Å². The van der Waals surface area contributed by atoms with Crippen LogP contribution in [0.4, 0.5) is 4.79 Å². The fraction of sp³-hybridized carbons (Fsp3) is 0.500. The summed E-state index contributed by atoms with van der Waals surface area (Å²) in [5.41, 5.74) is -0.0584. The maximum Gasteiger partial charge on any atom is 0.408 e. The van der Waals surface area contributed by atoms with E-state index in [1.165, 1.54) is 0 Å². The molecule has 1 amide bonds. The number of alkyl carbamates (subject to hydrolysis) is 1. The molecule has 0 fully saturated rings. The van der Waals surface area contributed by atoms with E-state index < -0.39 is 23.7 Å². The van der Waals surface area contributed by atoms with Crippen molar-refractivity contribution in [3.05, 3.63) is 35.9 Å². The van der Waals surface area contributed by atoms with E-state index in [-0.39, 0.29) is 18.7 Å². The van der Waals surface area contributed by atoms with Crippen LogP contribution in [0.1, 0.15) is 44.0 Å². The van der Waals surface area contributed by atoms with Gasteiger partial charge < -0.3 is 20.5 Å². The van der Waals surface area contributed by atoms with Crippen LogP contribution in [0.3, 0.4) is 0 Å². The molecule has 138 valence electrons. The minimum Gasteiger partial charge on any atom is -0.480 e. The fourth-order valence-corrected chi connectivity index (χ4v) is 2.07. The van der Waals surface area contributed by atoms with Crippen molar-refractivity contribution in [2.75, 3.05) is 13.1 Å². The second-order valence-corrected chi connectivity index (χ2v) is 6.65. The van der Waals surface area contributed by atoms with E-state index in [9.17, 15) is 14.4 Å². The molecule has 0 aromatic heterocycles. The highest BCUT2D eigenvalue weighted by molar-refractivity contribution is 5.97. The molecule has 0 radical (unpaired) electrons. The van der Waals surface area contributed by atoms with Crippen molar-refractivity contribution in [1.82, 2.24) is 10.6 Å². The summed E-state index contributed by atoms with van der Waals surface area (Å²) in [5.74, 6) is -1.14. The van der Waals surface area contributed by atoms with Gasteiger partial charge in [-0.05, 0) is 40.2 Å². The lowest BCUT2D eigenvalue weighted by molar-refractivity contribution is -0.139. The summed E-state index contributed by atoms with van der Waals surface area (Å²) < 4.78 is 5.05. The zero-order valence-corrected chi connectivity index (χ0v) is 14.9. The van der Waals surface area contributed by atoms with Gasteiger partial charge in [0.05, 0.1) is 6.54 Å². The lowest BCUT2D eigenvalue weighted by Gasteiger charge is -2.22. The highest BCUT2D eigenvalue weighted by Crippen LogP contribution is 2.07. The van der Waals surface area contributed by atoms with Crippen molar-refractivity contribution >= 4 is 17.8 Å². The Kier molecular flexibility index (Phi) is 8.07. The first kappa shape index (κ1) is 20.6. The lowest BCUT2D eigenvalue weighted by atomic mass is 10.1. The molecule has 7 nitrogen and oxygen atoms in total. The number of carboxylic acids is 1. The Balaban J connectivity index is 2.30. The molecule has 25 heavy (non-hydrogen) atoms. The van der Waals surface area contributed by atoms with Crippen molar-refractivity contribution < 1.29 is 24.2 Å². The summed E-state index contributed by atoms with van der Waals surface area (Å²) in [4.78, 5) is 34.8. The molecular weight excluding hydrogens is 324 g/mol. The molecule has 0 saturated heterocycles. The van der Waals surface area contributed by atoms with Crippen LogP contribution in [0.2, 0.25) is 0 Å². The van der Waals surface area contributed by atoms with Gasteiger partial charge in [-0.3, -0.25) is 4.79 Å². The predicted molar refractivity (Wildman–Crippen MR) is 93.7 cm³/mol. The van der Waals surface area contributed by atoms with Crippen LogP contribution in [-0.2, 0) is 9.53 Å². The number of hydrogen-bond acceptors (Lipinski definition) is 5. The van der Waals surface area contributed by atoms with Gasteiger partial charge in [0.25, 0.3) is 0 Å². The van der Waals surface area contributed by atoms with Gasteiger partial charge in [0.2, 0.25) is 0 Å². The van der Waals surface area contributed by atoms with E-state index in [2.05, 4.69) is 10.6 Å². The number of aliphatic carboxylic acids is 1. The molecular formula is C18H26N2O5. The van der Waals surface area contributed by atoms with Crippen molar-refractivity contribution in [3.63, 3.8) is 0 Å². The van der Waals surface area contributed by atoms with E-state index in [0.29, 0.717) is 18.5 Å². The fourth-order valence-electron chi connectivity index (χ4n) is 2.07. The molecule has 0 unspecified atom stereocenters. The van der Waals surface area contributed by atoms with Crippen LogP contribution in [-0.4, -0.2) is 47.7 Å². The molecule has 0 heterocycles. The first-order chi connectivity index (χ1) is 11.7. The largest absolute Gasteiger partial charge is 0.480 e. The molecule has 0 bridgehead atoms. The van der Waals surface area contributed by atoms with Gasteiger partial charge in [0.15, 0.2) is 5.78 Å². The molecule has 0 spiro atoms. The molecule has 7 heteroatoms. The molecule has 0 aliphatic carbocycles. The molecule has 0 saturated carbocycles. The van der Waals surface area contributed by atoms with Crippen LogP contribution < -0.4 is 10.6 Å². The number of nitrogens with one attached hydrogen (secondary N) is 2. The summed E-state index contributed by atoms with van der Waals surface area (Å²) >= 11 is 0. The standard InChI is InChI=1S/C18H26N2O5/c1-18(2,3)25-17(24)20-14(16(22)23)10-7-11-19-12-15(21)13-8-5-4-6-9-13/h4-6,8-9,14,19H,7,10-12H2,1-3H3,(H,20,24)(H,22,23)/t14-/m1/s1. The molecule has 0 aliphatic heterocycles. The van der Waals surface area contributed by atoms with Gasteiger partial charge in [-0.25, -0.2) is 9.59 Å². The Morgan fingerprint density at radius 2 is 1.80 bits per heavy atom. The van der Waals surface area contributed by atoms with Crippen LogP contribution in [0.25, 0.3) is 0 Å². The van der Waals surface area contributed by atoms with E-state index in [1.54, 1.807) is 45.0 Å². The smallest absolute Gasteiger partial charge is 0.408 e. The molecule has 0 aliphatic rings. The number of carbonyl (C=O) groups is 3. The van der Waals surface area contributed by atoms with Gasteiger partial charge in [0.1, 0.15) is 11.6 Å². The summed E-state index contributed by atoms with van der Waals surface area (Å²) in [7, 11) is 0. The van der Waals surface area contributed by atoms with Gasteiger partial charge >= 0.3 is 12.1 Å². The average Bonchev–Trinajstić information content (AvgIpc) is 2.52. The summed E-state index contributed by atoms with van der Waals surface area (Å²) in [6.07, 6.45) is -0.0252. The van der Waals surface area contributed by atoms with E-state index in [1.807, 2.05) is 6.07 Å². The van der Waals surface area contributed by atoms with Crippen LogP contribution >= 0.6 is 0 Å². The summed E-state index contributed by atoms with van der Waals surface area (Å²) in [5, 5.41) is 14.5. The molecule has 1 aromatic rings. The quantitative estimate of drug-likeness (QED) is 0.466. The van der Waals surface area contributed by atoms with Gasteiger partial charge in [-0.1, -0.05) is 30.3 Å². The third-order valence-electron chi connectivity index (χ3n) is 3.22. The third-order valence-corrected chi connectivity index (χ3v) is 3.22. The second kappa shape index (κ2) is 9.78. The zero-order valence-electron chi connectivity index (χ0n) is 14.9. The summed E-state index contributed by atoms with van der Waals surface area (Å²) in [6.45, 7) is 5.77. The van der Waals surface area contributed by atoms with Crippen LogP contribution in [0.15, 0.2) is 30.3 Å². The zero-order chi connectivity index (χ0) is 18.9. The minimum absolute atomic E-state index is 0.0257. The first-order valence-corrected chi connectivity index (χ1v) is 8.20. The number of ether oxygens (including phenoxy) is 1. The molecule has 1 aromatic carbocycles. The summed E-state index contributed by atoms with van der Waals surface area (Å²) in [6, 6.07) is 7.90. The number of rotatable bonds is 9. The monoisotopic (exact) mass is 350 g/mol. The highest BCUT2D eigenvalue weighted by atomic mass is 16.6. The predicted octanol–water partition coefficient (Wildman–Crippen LogP) is 2.22. The number of benzene rings is 1. The van der Waals surface area contributed by atoms with Crippen LogP contribution in [0, 0.1) is 0 Å². The maximum absolute atomic E-state index is 11.9. The lowest BCUT2D eigenvalue weighted by Crippen LogP contribution is -2.43. The third kappa shape index (κ3) is 8.85. The van der Waals surface area contributed by atoms with Crippen molar-refractivity contribution in [2.24, 2.45) is 0 Å². The molecule has 3 N–H and O–H groups in total. The Labute approximate surface area is 147 Å². The van der Waals surface area contributed by atoms with Crippen molar-refractivity contribution in [2.45, 2.75) is 45.3 Å². The van der Waals surface area contributed by atoms with Gasteiger partial charge in [0, 0.05) is 5.56 Å². The molecule has 1 rings (SSSR count). The van der Waals surface area contributed by atoms with E-state index >= 15 is 0 Å². The highest BCUT2D eigenvalue weighted by Gasteiger charge is 2.23. The normalized spacial score (nSPS) is 12.3. The number of ketones is 1. The van der Waals surface area contributed by atoms with Gasteiger partial charge in [-0.2, -0.15) is 0 Å². The Hall–Kier alpha value is -2.41. The maximum atomic E-state index is 11.9. The van der Waals surface area contributed by atoms with Crippen LogP contribution in [0.5, 0.6) is 0 Å². The van der Waals surface area contributed by atoms with E-state index in [0.717, 1.165) is 0 Å². The number of carboxylic acid groups (broad SMARTS) is 1. The molecule has 1 atom stereocenters. The van der Waals surface area contributed by atoms with E-state index in [4.69, 9.17) is 9.84 Å². The Morgan fingerprint density at radius 3 is 2.36 bits per heavy atom. The average molecular weight is 350 g/mol. The van der Waals surface area contributed by atoms with Crippen molar-refractivity contribution in [3.8, 4) is 0 Å². The first-order valence-electron chi connectivity index (χ1n) is 8.20. The Morgan fingerprint density at radius 1 is 1.16 bits per heavy atom. The second-order valence-electron chi connectivity index (χ2n) is 6.65. The number of hydrogen-bond donors (Lipinski definition) is 3.